The second-order valence-corrected chi connectivity index (χ2v) is 5.16. The molecule has 2 heteroatoms. The van der Waals surface area contributed by atoms with Crippen molar-refractivity contribution in [3.63, 3.8) is 0 Å². The Kier molecular flexibility index (Phi) is 2.99. The SMILES string of the molecule is CC(C)Cc1ccc(C(C)C)n2ccnc12. The molecular formula is C14H20N2. The molecule has 0 aliphatic rings. The zero-order chi connectivity index (χ0) is 11.7. The summed E-state index contributed by atoms with van der Waals surface area (Å²) in [6, 6.07) is 4.47. The lowest BCUT2D eigenvalue weighted by Gasteiger charge is -2.12. The van der Waals surface area contributed by atoms with Crippen LogP contribution < -0.4 is 0 Å². The minimum absolute atomic E-state index is 0.532. The van der Waals surface area contributed by atoms with Crippen molar-refractivity contribution in [1.82, 2.24) is 9.38 Å². The quantitative estimate of drug-likeness (QED) is 0.765. The van der Waals surface area contributed by atoms with Gasteiger partial charge in [-0.05, 0) is 29.9 Å². The summed E-state index contributed by atoms with van der Waals surface area (Å²) >= 11 is 0. The zero-order valence-corrected chi connectivity index (χ0v) is 10.6. The molecule has 2 aromatic heterocycles. The van der Waals surface area contributed by atoms with Crippen molar-refractivity contribution in [3.8, 4) is 0 Å². The molecule has 0 aliphatic heterocycles. The van der Waals surface area contributed by atoms with Crippen molar-refractivity contribution in [1.29, 1.82) is 0 Å². The van der Waals surface area contributed by atoms with Gasteiger partial charge in [-0.3, -0.25) is 0 Å². The summed E-state index contributed by atoms with van der Waals surface area (Å²) in [5.74, 6) is 1.20. The van der Waals surface area contributed by atoms with Crippen LogP contribution in [0.2, 0.25) is 0 Å². The molecule has 0 fully saturated rings. The zero-order valence-electron chi connectivity index (χ0n) is 10.6. The maximum Gasteiger partial charge on any atom is 0.140 e. The summed E-state index contributed by atoms with van der Waals surface area (Å²) in [4.78, 5) is 4.48. The third-order valence-corrected chi connectivity index (χ3v) is 2.88. The van der Waals surface area contributed by atoms with Crippen molar-refractivity contribution in [2.75, 3.05) is 0 Å². The van der Waals surface area contributed by atoms with E-state index >= 15 is 0 Å². The van der Waals surface area contributed by atoms with Gasteiger partial charge in [-0.1, -0.05) is 33.8 Å². The van der Waals surface area contributed by atoms with Gasteiger partial charge in [-0.2, -0.15) is 0 Å². The van der Waals surface area contributed by atoms with Gasteiger partial charge < -0.3 is 4.40 Å². The third-order valence-electron chi connectivity index (χ3n) is 2.88. The number of hydrogen-bond donors (Lipinski definition) is 0. The molecule has 0 N–H and O–H groups in total. The summed E-state index contributed by atoms with van der Waals surface area (Å²) in [6.45, 7) is 8.93. The van der Waals surface area contributed by atoms with Crippen LogP contribution in [0.25, 0.3) is 5.65 Å². The van der Waals surface area contributed by atoms with Crippen LogP contribution in [0, 0.1) is 5.92 Å². The summed E-state index contributed by atoms with van der Waals surface area (Å²) in [7, 11) is 0. The average molecular weight is 216 g/mol. The first-order valence-electron chi connectivity index (χ1n) is 6.04. The number of pyridine rings is 1. The van der Waals surface area contributed by atoms with E-state index in [1.165, 1.54) is 11.3 Å². The summed E-state index contributed by atoms with van der Waals surface area (Å²) in [6.07, 6.45) is 5.05. The van der Waals surface area contributed by atoms with E-state index in [1.807, 2.05) is 6.20 Å². The summed E-state index contributed by atoms with van der Waals surface area (Å²) < 4.78 is 2.22. The number of fused-ring (bicyclic) bond motifs is 1. The molecule has 0 unspecified atom stereocenters. The predicted octanol–water partition coefficient (Wildman–Crippen LogP) is 3.66. The molecule has 0 aliphatic carbocycles. The highest BCUT2D eigenvalue weighted by atomic mass is 15.0. The molecular weight excluding hydrogens is 196 g/mol. The van der Waals surface area contributed by atoms with Crippen LogP contribution in [0.4, 0.5) is 0 Å². The van der Waals surface area contributed by atoms with Crippen molar-refractivity contribution in [2.45, 2.75) is 40.0 Å². The van der Waals surface area contributed by atoms with E-state index in [0.717, 1.165) is 12.1 Å². The Balaban J connectivity index is 2.55. The Morgan fingerprint density at radius 3 is 2.56 bits per heavy atom. The fourth-order valence-corrected chi connectivity index (χ4v) is 2.16. The van der Waals surface area contributed by atoms with E-state index < -0.39 is 0 Å². The van der Waals surface area contributed by atoms with Crippen LogP contribution in [0.1, 0.15) is 44.9 Å². The molecule has 0 amide bonds. The Morgan fingerprint density at radius 2 is 1.94 bits per heavy atom. The van der Waals surface area contributed by atoms with E-state index in [0.29, 0.717) is 11.8 Å². The van der Waals surface area contributed by atoms with Crippen molar-refractivity contribution >= 4 is 5.65 Å². The van der Waals surface area contributed by atoms with Gasteiger partial charge in [-0.15, -0.1) is 0 Å². The Hall–Kier alpha value is -1.31. The fraction of sp³-hybridized carbons (Fsp3) is 0.500. The Bertz CT molecular complexity index is 480. The smallest absolute Gasteiger partial charge is 0.140 e. The van der Waals surface area contributed by atoms with Crippen LogP contribution in [0.15, 0.2) is 24.5 Å². The van der Waals surface area contributed by atoms with Gasteiger partial charge in [-0.25, -0.2) is 4.98 Å². The van der Waals surface area contributed by atoms with E-state index in [1.54, 1.807) is 0 Å². The number of imidazole rings is 1. The van der Waals surface area contributed by atoms with Gasteiger partial charge >= 0.3 is 0 Å². The molecule has 0 saturated carbocycles. The summed E-state index contributed by atoms with van der Waals surface area (Å²) in [5, 5.41) is 0. The molecule has 16 heavy (non-hydrogen) atoms. The Labute approximate surface area is 97.3 Å². The van der Waals surface area contributed by atoms with Crippen LogP contribution in [0.3, 0.4) is 0 Å². The minimum atomic E-state index is 0.532. The van der Waals surface area contributed by atoms with Gasteiger partial charge in [0.2, 0.25) is 0 Å². The highest BCUT2D eigenvalue weighted by Crippen LogP contribution is 2.20. The van der Waals surface area contributed by atoms with Crippen LogP contribution >= 0.6 is 0 Å². The molecule has 2 heterocycles. The van der Waals surface area contributed by atoms with E-state index in [9.17, 15) is 0 Å². The minimum Gasteiger partial charge on any atom is -0.304 e. The van der Waals surface area contributed by atoms with Gasteiger partial charge in [0.05, 0.1) is 0 Å². The van der Waals surface area contributed by atoms with Gasteiger partial charge in [0.15, 0.2) is 0 Å². The largest absolute Gasteiger partial charge is 0.304 e. The van der Waals surface area contributed by atoms with Gasteiger partial charge in [0.25, 0.3) is 0 Å². The topological polar surface area (TPSA) is 17.3 Å². The molecule has 0 atom stereocenters. The number of aromatic nitrogens is 2. The lowest BCUT2D eigenvalue weighted by atomic mass is 10.0. The maximum absolute atomic E-state index is 4.48. The van der Waals surface area contributed by atoms with Crippen molar-refractivity contribution in [2.24, 2.45) is 5.92 Å². The first kappa shape index (κ1) is 11.2. The molecule has 0 radical (unpaired) electrons. The van der Waals surface area contributed by atoms with E-state index in [4.69, 9.17) is 0 Å². The van der Waals surface area contributed by atoms with E-state index in [-0.39, 0.29) is 0 Å². The molecule has 0 aromatic carbocycles. The molecule has 0 saturated heterocycles. The third kappa shape index (κ3) is 1.97. The lowest BCUT2D eigenvalue weighted by molar-refractivity contribution is 0.646. The van der Waals surface area contributed by atoms with Gasteiger partial charge in [0, 0.05) is 18.1 Å². The molecule has 2 rings (SSSR count). The molecule has 2 nitrogen and oxygen atoms in total. The first-order chi connectivity index (χ1) is 7.59. The lowest BCUT2D eigenvalue weighted by Crippen LogP contribution is -2.03. The molecule has 0 bridgehead atoms. The Morgan fingerprint density at radius 1 is 1.19 bits per heavy atom. The molecule has 0 spiro atoms. The molecule has 2 aromatic rings. The number of hydrogen-bond acceptors (Lipinski definition) is 1. The maximum atomic E-state index is 4.48. The summed E-state index contributed by atoms with van der Waals surface area (Å²) in [5.41, 5.74) is 3.81. The second-order valence-electron chi connectivity index (χ2n) is 5.16. The number of nitrogens with zero attached hydrogens (tertiary/aromatic N) is 2. The van der Waals surface area contributed by atoms with Crippen LogP contribution in [0.5, 0.6) is 0 Å². The van der Waals surface area contributed by atoms with Crippen LogP contribution in [-0.4, -0.2) is 9.38 Å². The number of rotatable bonds is 3. The fourth-order valence-electron chi connectivity index (χ4n) is 2.16. The standard InChI is InChI=1S/C14H20N2/c1-10(2)9-12-5-6-13(11(3)4)16-8-7-15-14(12)16/h5-8,10-11H,9H2,1-4H3. The van der Waals surface area contributed by atoms with E-state index in [2.05, 4.69) is 55.4 Å². The first-order valence-corrected chi connectivity index (χ1v) is 6.04. The highest BCUT2D eigenvalue weighted by Gasteiger charge is 2.10. The van der Waals surface area contributed by atoms with Crippen molar-refractivity contribution in [3.05, 3.63) is 35.8 Å². The second kappa shape index (κ2) is 4.28. The monoisotopic (exact) mass is 216 g/mol. The van der Waals surface area contributed by atoms with Crippen LogP contribution in [-0.2, 0) is 6.42 Å². The van der Waals surface area contributed by atoms with Gasteiger partial charge in [0.1, 0.15) is 5.65 Å². The average Bonchev–Trinajstić information content (AvgIpc) is 2.65. The van der Waals surface area contributed by atoms with Crippen molar-refractivity contribution < 1.29 is 0 Å². The highest BCUT2D eigenvalue weighted by molar-refractivity contribution is 5.49. The predicted molar refractivity (Wildman–Crippen MR) is 67.8 cm³/mol. The normalized spacial score (nSPS) is 11.9. The molecule has 86 valence electrons.